The number of piperidine rings is 1. The van der Waals surface area contributed by atoms with Gasteiger partial charge < -0.3 is 19.7 Å². The largest absolute Gasteiger partial charge is 0.497 e. The second kappa shape index (κ2) is 6.86. The molecule has 1 aromatic heterocycles. The van der Waals surface area contributed by atoms with Crippen LogP contribution in [-0.2, 0) is 0 Å². The predicted octanol–water partition coefficient (Wildman–Crippen LogP) is 1.28. The maximum atomic E-state index is 12.6. The molecule has 140 valence electrons. The van der Waals surface area contributed by atoms with E-state index in [0.717, 1.165) is 0 Å². The number of ether oxygens (including phenoxy) is 2. The average molecular weight is 368 g/mol. The van der Waals surface area contributed by atoms with Gasteiger partial charge in [0.1, 0.15) is 22.8 Å². The number of aromatic nitrogens is 2. The second-order valence-corrected chi connectivity index (χ2v) is 6.71. The lowest BCUT2D eigenvalue weighted by Crippen LogP contribution is -2.54. The van der Waals surface area contributed by atoms with Crippen LogP contribution < -0.4 is 14.8 Å². The highest BCUT2D eigenvalue weighted by Crippen LogP contribution is 2.34. The van der Waals surface area contributed by atoms with Gasteiger partial charge in [-0.25, -0.2) is 4.98 Å². The van der Waals surface area contributed by atoms with Gasteiger partial charge in [-0.2, -0.15) is 0 Å². The van der Waals surface area contributed by atoms with Gasteiger partial charge in [-0.15, -0.1) is 0 Å². The van der Waals surface area contributed by atoms with E-state index in [4.69, 9.17) is 9.47 Å². The Hall–Kier alpha value is -3.16. The molecule has 0 unspecified atom stereocenters. The monoisotopic (exact) mass is 368 g/mol. The zero-order valence-corrected chi connectivity index (χ0v) is 15.0. The molecule has 8 nitrogen and oxygen atoms in total. The van der Waals surface area contributed by atoms with Crippen molar-refractivity contribution in [3.63, 3.8) is 0 Å². The minimum absolute atomic E-state index is 0.138. The Morgan fingerprint density at radius 1 is 1.30 bits per heavy atom. The zero-order valence-electron chi connectivity index (χ0n) is 15.0. The first-order valence-corrected chi connectivity index (χ1v) is 8.81. The normalized spacial score (nSPS) is 18.1. The Bertz CT molecular complexity index is 863. The van der Waals surface area contributed by atoms with Crippen molar-refractivity contribution in [2.24, 2.45) is 0 Å². The summed E-state index contributed by atoms with van der Waals surface area (Å²) in [4.78, 5) is 34.8. The van der Waals surface area contributed by atoms with Gasteiger partial charge in [0.05, 0.1) is 25.4 Å². The summed E-state index contributed by atoms with van der Waals surface area (Å²) in [5.41, 5.74) is 0.263. The van der Waals surface area contributed by atoms with Gasteiger partial charge in [0.2, 0.25) is 0 Å². The molecule has 0 saturated carbocycles. The maximum Gasteiger partial charge on any atom is 0.274 e. The summed E-state index contributed by atoms with van der Waals surface area (Å²) in [7, 11) is 1.56. The molecule has 2 aliphatic rings. The summed E-state index contributed by atoms with van der Waals surface area (Å²) < 4.78 is 11.5. The molecule has 0 bridgehead atoms. The van der Waals surface area contributed by atoms with Gasteiger partial charge in [-0.3, -0.25) is 14.6 Å². The van der Waals surface area contributed by atoms with E-state index < -0.39 is 5.60 Å². The summed E-state index contributed by atoms with van der Waals surface area (Å²) in [6.45, 7) is 1.45. The molecule has 1 aromatic carbocycles. The van der Waals surface area contributed by atoms with Crippen LogP contribution in [0.15, 0.2) is 36.8 Å². The summed E-state index contributed by atoms with van der Waals surface area (Å²) in [6, 6.07) is 5.21. The summed E-state index contributed by atoms with van der Waals surface area (Å²) in [5.74, 6) is 0.826. The number of carbonyl (C=O) groups is 2. The third-order valence-corrected chi connectivity index (χ3v) is 5.07. The van der Waals surface area contributed by atoms with E-state index >= 15 is 0 Å². The molecule has 1 saturated heterocycles. The van der Waals surface area contributed by atoms with Crippen molar-refractivity contribution in [2.75, 3.05) is 26.7 Å². The van der Waals surface area contributed by atoms with E-state index in [-0.39, 0.29) is 11.8 Å². The minimum atomic E-state index is -0.533. The van der Waals surface area contributed by atoms with E-state index in [1.807, 2.05) is 0 Å². The number of nitrogens with one attached hydrogen (secondary N) is 1. The molecule has 1 spiro atoms. The Balaban J connectivity index is 1.50. The molecule has 0 radical (unpaired) electrons. The Morgan fingerprint density at radius 3 is 2.81 bits per heavy atom. The van der Waals surface area contributed by atoms with E-state index in [1.54, 1.807) is 30.2 Å². The molecule has 2 aliphatic heterocycles. The third kappa shape index (κ3) is 3.30. The van der Waals surface area contributed by atoms with Crippen molar-refractivity contribution < 1.29 is 19.1 Å². The number of benzene rings is 1. The molecular weight excluding hydrogens is 348 g/mol. The summed E-state index contributed by atoms with van der Waals surface area (Å²) in [5, 5.41) is 2.94. The summed E-state index contributed by atoms with van der Waals surface area (Å²) >= 11 is 0. The standard InChI is InChI=1S/C19H20N4O4/c1-26-13-2-3-16-14(10-13)17(24)22-12-19(27-16)4-8-23(9-5-19)18(25)15-11-20-6-7-21-15/h2-3,6-7,10-11H,4-5,8-9,12H2,1H3,(H,22,24). The lowest BCUT2D eigenvalue weighted by atomic mass is 9.90. The number of hydrogen-bond donors (Lipinski definition) is 1. The van der Waals surface area contributed by atoms with Crippen LogP contribution in [0.3, 0.4) is 0 Å². The fourth-order valence-corrected chi connectivity index (χ4v) is 3.48. The number of likely N-dealkylation sites (tertiary alicyclic amines) is 1. The first-order chi connectivity index (χ1) is 13.1. The number of carbonyl (C=O) groups excluding carboxylic acids is 2. The lowest BCUT2D eigenvalue weighted by Gasteiger charge is -2.40. The molecule has 4 rings (SSSR count). The average Bonchev–Trinajstić information content (AvgIpc) is 2.85. The van der Waals surface area contributed by atoms with Gasteiger partial charge in [-0.1, -0.05) is 0 Å². The van der Waals surface area contributed by atoms with Crippen LogP contribution >= 0.6 is 0 Å². The highest BCUT2D eigenvalue weighted by Gasteiger charge is 2.41. The molecule has 1 fully saturated rings. The number of amides is 2. The smallest absolute Gasteiger partial charge is 0.274 e. The van der Waals surface area contributed by atoms with Crippen molar-refractivity contribution in [3.05, 3.63) is 48.0 Å². The van der Waals surface area contributed by atoms with Crippen LogP contribution in [0.1, 0.15) is 33.7 Å². The van der Waals surface area contributed by atoms with Crippen LogP contribution in [-0.4, -0.2) is 59.0 Å². The summed E-state index contributed by atoms with van der Waals surface area (Å²) in [6.07, 6.45) is 5.75. The first-order valence-electron chi connectivity index (χ1n) is 8.81. The fourth-order valence-electron chi connectivity index (χ4n) is 3.48. The van der Waals surface area contributed by atoms with Gasteiger partial charge in [-0.05, 0) is 18.2 Å². The van der Waals surface area contributed by atoms with Crippen LogP contribution in [0, 0.1) is 0 Å². The van der Waals surface area contributed by atoms with E-state index in [1.165, 1.54) is 18.6 Å². The Kier molecular flexibility index (Phi) is 4.39. The molecule has 8 heteroatoms. The third-order valence-electron chi connectivity index (χ3n) is 5.07. The van der Waals surface area contributed by atoms with E-state index in [0.29, 0.717) is 55.2 Å². The number of methoxy groups -OCH3 is 1. The zero-order chi connectivity index (χ0) is 18.9. The lowest BCUT2D eigenvalue weighted by molar-refractivity contribution is 0.00748. The molecular formula is C19H20N4O4. The maximum absolute atomic E-state index is 12.6. The number of hydrogen-bond acceptors (Lipinski definition) is 6. The fraction of sp³-hybridized carbons (Fsp3) is 0.368. The quantitative estimate of drug-likeness (QED) is 0.858. The predicted molar refractivity (Wildman–Crippen MR) is 95.9 cm³/mol. The molecule has 3 heterocycles. The SMILES string of the molecule is COc1ccc2c(c1)C(=O)NCC1(CCN(C(=O)c3cnccn3)CC1)O2. The van der Waals surface area contributed by atoms with E-state index in [2.05, 4.69) is 15.3 Å². The topological polar surface area (TPSA) is 93.7 Å². The molecule has 0 atom stereocenters. The van der Waals surface area contributed by atoms with Crippen LogP contribution in [0.5, 0.6) is 11.5 Å². The van der Waals surface area contributed by atoms with E-state index in [9.17, 15) is 9.59 Å². The highest BCUT2D eigenvalue weighted by atomic mass is 16.5. The van der Waals surface area contributed by atoms with Crippen molar-refractivity contribution >= 4 is 11.8 Å². The van der Waals surface area contributed by atoms with Gasteiger partial charge >= 0.3 is 0 Å². The van der Waals surface area contributed by atoms with Crippen LogP contribution in [0.4, 0.5) is 0 Å². The minimum Gasteiger partial charge on any atom is -0.497 e. The van der Waals surface area contributed by atoms with Crippen molar-refractivity contribution in [1.29, 1.82) is 0 Å². The van der Waals surface area contributed by atoms with Gasteiger partial charge in [0, 0.05) is 38.3 Å². The molecule has 2 amide bonds. The molecule has 1 N–H and O–H groups in total. The van der Waals surface area contributed by atoms with Gasteiger partial charge in [0.15, 0.2) is 0 Å². The highest BCUT2D eigenvalue weighted by molar-refractivity contribution is 5.97. The van der Waals surface area contributed by atoms with Crippen molar-refractivity contribution in [1.82, 2.24) is 20.2 Å². The first kappa shape index (κ1) is 17.3. The second-order valence-electron chi connectivity index (χ2n) is 6.71. The molecule has 0 aliphatic carbocycles. The van der Waals surface area contributed by atoms with Gasteiger partial charge in [0.25, 0.3) is 11.8 Å². The Morgan fingerprint density at radius 2 is 2.11 bits per heavy atom. The van der Waals surface area contributed by atoms with Crippen LogP contribution in [0.25, 0.3) is 0 Å². The van der Waals surface area contributed by atoms with Crippen molar-refractivity contribution in [2.45, 2.75) is 18.4 Å². The Labute approximate surface area is 156 Å². The number of rotatable bonds is 2. The molecule has 27 heavy (non-hydrogen) atoms. The van der Waals surface area contributed by atoms with Crippen molar-refractivity contribution in [3.8, 4) is 11.5 Å². The number of nitrogens with zero attached hydrogens (tertiary/aromatic N) is 3. The van der Waals surface area contributed by atoms with Crippen LogP contribution in [0.2, 0.25) is 0 Å². The molecule has 2 aromatic rings. The number of fused-ring (bicyclic) bond motifs is 1.